The van der Waals surface area contributed by atoms with E-state index in [-0.39, 0.29) is 24.0 Å². The Morgan fingerprint density at radius 3 is 2.76 bits per heavy atom. The Labute approximate surface area is 125 Å². The Bertz CT molecular complexity index is 528. The van der Waals surface area contributed by atoms with Gasteiger partial charge in [-0.05, 0) is 31.2 Å². The number of hydrogen-bond acceptors (Lipinski definition) is 3. The highest BCUT2D eigenvalue weighted by Crippen LogP contribution is 2.33. The Hall–Kier alpha value is -1.84. The molecule has 4 nitrogen and oxygen atoms in total. The third-order valence-electron chi connectivity index (χ3n) is 4.49. The molecule has 2 fully saturated rings. The molecule has 0 spiro atoms. The summed E-state index contributed by atoms with van der Waals surface area (Å²) in [6.45, 7) is 1.89. The van der Waals surface area contributed by atoms with Crippen LogP contribution in [0.4, 0.5) is 4.79 Å². The van der Waals surface area contributed by atoms with Crippen LogP contribution in [0, 0.1) is 5.92 Å². The molecule has 0 N–H and O–H groups in total. The Morgan fingerprint density at radius 1 is 1.29 bits per heavy atom. The Kier molecular flexibility index (Phi) is 3.95. The van der Waals surface area contributed by atoms with E-state index >= 15 is 0 Å². The smallest absolute Gasteiger partial charge is 0.417 e. The number of fused-ring (bicyclic) bond motifs is 1. The molecular formula is C17H21NO3. The summed E-state index contributed by atoms with van der Waals surface area (Å²) in [7, 11) is 0. The number of amides is 2. The summed E-state index contributed by atoms with van der Waals surface area (Å²) in [5, 5.41) is 0. The molecule has 0 aromatic heterocycles. The zero-order valence-electron chi connectivity index (χ0n) is 12.3. The number of imide groups is 1. The van der Waals surface area contributed by atoms with Gasteiger partial charge in [-0.15, -0.1) is 0 Å². The van der Waals surface area contributed by atoms with Gasteiger partial charge in [-0.3, -0.25) is 4.79 Å². The zero-order chi connectivity index (χ0) is 14.8. The maximum Gasteiger partial charge on any atom is 0.417 e. The maximum absolute atomic E-state index is 12.6. The largest absolute Gasteiger partial charge is 0.444 e. The molecule has 1 aliphatic heterocycles. The zero-order valence-corrected chi connectivity index (χ0v) is 12.3. The minimum absolute atomic E-state index is 0.0445. The van der Waals surface area contributed by atoms with Gasteiger partial charge in [0.15, 0.2) is 0 Å². The van der Waals surface area contributed by atoms with Crippen molar-refractivity contribution in [3.8, 4) is 0 Å². The topological polar surface area (TPSA) is 46.6 Å². The van der Waals surface area contributed by atoms with Crippen LogP contribution in [0.5, 0.6) is 0 Å². The first-order valence-corrected chi connectivity index (χ1v) is 7.74. The minimum atomic E-state index is -0.447. The van der Waals surface area contributed by atoms with E-state index in [1.165, 1.54) is 4.90 Å². The van der Waals surface area contributed by atoms with Gasteiger partial charge >= 0.3 is 6.09 Å². The molecular weight excluding hydrogens is 266 g/mol. The standard InChI is InChI=1S/C17H21NO3/c1-12(11-13-7-3-2-4-8-13)16(19)18-14-9-5-6-10-15(14)21-17(18)20/h2-4,7-8,12,14-15H,5-6,9-11H2,1H3/t12-,14+,15-/m1/s1. The predicted octanol–water partition coefficient (Wildman–Crippen LogP) is 3.16. The SMILES string of the molecule is C[C@H](Cc1ccccc1)C(=O)N1C(=O)O[C@@H]2CCCC[C@@H]21. The molecule has 0 unspecified atom stereocenters. The van der Waals surface area contributed by atoms with E-state index in [1.54, 1.807) is 0 Å². The van der Waals surface area contributed by atoms with E-state index in [0.717, 1.165) is 31.2 Å². The first-order valence-electron chi connectivity index (χ1n) is 7.74. The van der Waals surface area contributed by atoms with Gasteiger partial charge < -0.3 is 4.74 Å². The molecule has 2 aliphatic rings. The molecule has 2 amide bonds. The quantitative estimate of drug-likeness (QED) is 0.858. The molecule has 1 saturated carbocycles. The third kappa shape index (κ3) is 2.80. The van der Waals surface area contributed by atoms with Crippen LogP contribution < -0.4 is 0 Å². The fraction of sp³-hybridized carbons (Fsp3) is 0.529. The van der Waals surface area contributed by atoms with Gasteiger partial charge in [0.05, 0.1) is 6.04 Å². The molecule has 1 aromatic carbocycles. The van der Waals surface area contributed by atoms with Crippen molar-refractivity contribution in [3.63, 3.8) is 0 Å². The van der Waals surface area contributed by atoms with Crippen molar-refractivity contribution in [1.82, 2.24) is 4.90 Å². The molecule has 1 heterocycles. The molecule has 21 heavy (non-hydrogen) atoms. The van der Waals surface area contributed by atoms with Crippen molar-refractivity contribution >= 4 is 12.0 Å². The Morgan fingerprint density at radius 2 is 2.00 bits per heavy atom. The summed E-state index contributed by atoms with van der Waals surface area (Å²) in [4.78, 5) is 26.0. The second-order valence-corrected chi connectivity index (χ2v) is 6.07. The fourth-order valence-corrected chi connectivity index (χ4v) is 3.38. The van der Waals surface area contributed by atoms with Crippen LogP contribution in [-0.2, 0) is 16.0 Å². The second kappa shape index (κ2) is 5.88. The number of rotatable bonds is 3. The lowest BCUT2D eigenvalue weighted by Gasteiger charge is -2.28. The molecule has 112 valence electrons. The van der Waals surface area contributed by atoms with Gasteiger partial charge in [0.25, 0.3) is 0 Å². The Balaban J connectivity index is 1.70. The molecule has 3 atom stereocenters. The summed E-state index contributed by atoms with van der Waals surface area (Å²) in [5.74, 6) is -0.307. The molecule has 0 bridgehead atoms. The summed E-state index contributed by atoms with van der Waals surface area (Å²) >= 11 is 0. The third-order valence-corrected chi connectivity index (χ3v) is 4.49. The highest BCUT2D eigenvalue weighted by molar-refractivity contribution is 5.95. The first kappa shape index (κ1) is 14.1. The minimum Gasteiger partial charge on any atom is -0.444 e. The summed E-state index contributed by atoms with van der Waals surface area (Å²) in [6.07, 6.45) is 4.02. The second-order valence-electron chi connectivity index (χ2n) is 6.07. The van der Waals surface area contributed by atoms with Crippen LogP contribution in [0.2, 0.25) is 0 Å². The molecule has 0 radical (unpaired) electrons. The lowest BCUT2D eigenvalue weighted by Crippen LogP contribution is -2.45. The highest BCUT2D eigenvalue weighted by atomic mass is 16.6. The van der Waals surface area contributed by atoms with E-state index < -0.39 is 6.09 Å². The van der Waals surface area contributed by atoms with Crippen molar-refractivity contribution in [2.75, 3.05) is 0 Å². The average molecular weight is 287 g/mol. The van der Waals surface area contributed by atoms with Crippen LogP contribution in [-0.4, -0.2) is 29.0 Å². The normalized spacial score (nSPS) is 26.1. The van der Waals surface area contributed by atoms with Gasteiger partial charge in [0, 0.05) is 5.92 Å². The highest BCUT2D eigenvalue weighted by Gasteiger charge is 2.46. The number of ether oxygens (including phenoxy) is 1. The van der Waals surface area contributed by atoms with Crippen molar-refractivity contribution in [3.05, 3.63) is 35.9 Å². The molecule has 1 saturated heterocycles. The molecule has 1 aliphatic carbocycles. The predicted molar refractivity (Wildman–Crippen MR) is 78.7 cm³/mol. The molecule has 4 heteroatoms. The number of carbonyl (C=O) groups excluding carboxylic acids is 2. The van der Waals surface area contributed by atoms with Crippen molar-refractivity contribution < 1.29 is 14.3 Å². The van der Waals surface area contributed by atoms with Crippen LogP contribution in [0.15, 0.2) is 30.3 Å². The summed E-state index contributed by atoms with van der Waals surface area (Å²) in [6, 6.07) is 9.87. The number of carbonyl (C=O) groups is 2. The number of hydrogen-bond donors (Lipinski definition) is 0. The van der Waals surface area contributed by atoms with Crippen molar-refractivity contribution in [2.24, 2.45) is 5.92 Å². The lowest BCUT2D eigenvalue weighted by atomic mass is 9.91. The molecule has 3 rings (SSSR count). The average Bonchev–Trinajstić information content (AvgIpc) is 2.83. The van der Waals surface area contributed by atoms with E-state index in [4.69, 9.17) is 4.74 Å². The van der Waals surface area contributed by atoms with Gasteiger partial charge in [0.2, 0.25) is 5.91 Å². The van der Waals surface area contributed by atoms with Crippen LogP contribution >= 0.6 is 0 Å². The summed E-state index contributed by atoms with van der Waals surface area (Å²) in [5.41, 5.74) is 1.12. The van der Waals surface area contributed by atoms with E-state index in [1.807, 2.05) is 37.3 Å². The molecule has 1 aromatic rings. The number of benzene rings is 1. The van der Waals surface area contributed by atoms with Crippen molar-refractivity contribution in [2.45, 2.75) is 51.2 Å². The lowest BCUT2D eigenvalue weighted by molar-refractivity contribution is -0.133. The fourth-order valence-electron chi connectivity index (χ4n) is 3.38. The van der Waals surface area contributed by atoms with E-state index in [0.29, 0.717) is 6.42 Å². The number of nitrogens with zero attached hydrogens (tertiary/aromatic N) is 1. The van der Waals surface area contributed by atoms with Gasteiger partial charge in [-0.25, -0.2) is 9.69 Å². The first-order chi connectivity index (χ1) is 10.2. The monoisotopic (exact) mass is 287 g/mol. The van der Waals surface area contributed by atoms with Crippen LogP contribution in [0.1, 0.15) is 38.2 Å². The van der Waals surface area contributed by atoms with E-state index in [2.05, 4.69) is 0 Å². The van der Waals surface area contributed by atoms with Crippen LogP contribution in [0.3, 0.4) is 0 Å². The summed E-state index contributed by atoms with van der Waals surface area (Å²) < 4.78 is 5.37. The van der Waals surface area contributed by atoms with Gasteiger partial charge in [-0.2, -0.15) is 0 Å². The van der Waals surface area contributed by atoms with E-state index in [9.17, 15) is 9.59 Å². The maximum atomic E-state index is 12.6. The van der Waals surface area contributed by atoms with Crippen LogP contribution in [0.25, 0.3) is 0 Å². The van der Waals surface area contributed by atoms with Gasteiger partial charge in [-0.1, -0.05) is 43.7 Å². The van der Waals surface area contributed by atoms with Crippen molar-refractivity contribution in [1.29, 1.82) is 0 Å². The van der Waals surface area contributed by atoms with Gasteiger partial charge in [0.1, 0.15) is 6.10 Å².